The molecule has 29 heavy (non-hydrogen) atoms. The van der Waals surface area contributed by atoms with Gasteiger partial charge in [0.1, 0.15) is 0 Å². The Balaban J connectivity index is 1.42. The van der Waals surface area contributed by atoms with Crippen molar-refractivity contribution in [2.45, 2.75) is 13.3 Å². The second-order valence-corrected chi connectivity index (χ2v) is 7.08. The second-order valence-electron chi connectivity index (χ2n) is 6.22. The average molecular weight is 404 g/mol. The van der Waals surface area contributed by atoms with Crippen LogP contribution >= 0.6 is 11.3 Å². The molecule has 2 amide bonds. The van der Waals surface area contributed by atoms with Gasteiger partial charge in [0, 0.05) is 28.9 Å². The van der Waals surface area contributed by atoms with Gasteiger partial charge in [0.15, 0.2) is 5.13 Å². The number of nitrogens with one attached hydrogen (secondary N) is 2. The monoisotopic (exact) mass is 404 g/mol. The van der Waals surface area contributed by atoms with Crippen LogP contribution in [-0.2, 0) is 11.2 Å². The van der Waals surface area contributed by atoms with Gasteiger partial charge in [-0.3, -0.25) is 19.9 Å². The summed E-state index contributed by atoms with van der Waals surface area (Å²) in [4.78, 5) is 41.1. The van der Waals surface area contributed by atoms with Crippen molar-refractivity contribution < 1.29 is 9.59 Å². The smallest absolute Gasteiger partial charge is 0.295 e. The van der Waals surface area contributed by atoms with Crippen molar-refractivity contribution in [3.63, 3.8) is 0 Å². The van der Waals surface area contributed by atoms with Crippen LogP contribution < -0.4 is 10.6 Å². The van der Waals surface area contributed by atoms with Crippen LogP contribution in [0.1, 0.15) is 22.0 Å². The molecule has 144 valence electrons. The summed E-state index contributed by atoms with van der Waals surface area (Å²) in [5.74, 6) is -0.594. The van der Waals surface area contributed by atoms with Crippen molar-refractivity contribution in [1.82, 2.24) is 19.9 Å². The Bertz CT molecular complexity index is 1190. The zero-order chi connectivity index (χ0) is 20.2. The molecule has 0 spiro atoms. The molecule has 0 aliphatic rings. The van der Waals surface area contributed by atoms with Crippen molar-refractivity contribution in [2.75, 3.05) is 10.6 Å². The van der Waals surface area contributed by atoms with Crippen LogP contribution in [0, 0.1) is 6.92 Å². The van der Waals surface area contributed by atoms with Gasteiger partial charge >= 0.3 is 0 Å². The van der Waals surface area contributed by atoms with Crippen molar-refractivity contribution in [3.05, 3.63) is 71.4 Å². The molecule has 0 saturated heterocycles. The van der Waals surface area contributed by atoms with Crippen LogP contribution in [0.4, 0.5) is 10.8 Å². The average Bonchev–Trinajstić information content (AvgIpc) is 3.15. The summed E-state index contributed by atoms with van der Waals surface area (Å²) >= 11 is 1.24. The lowest BCUT2D eigenvalue weighted by atomic mass is 10.1. The molecule has 0 radical (unpaired) electrons. The van der Waals surface area contributed by atoms with Gasteiger partial charge < -0.3 is 5.32 Å². The number of rotatable bonds is 5. The predicted molar refractivity (Wildman–Crippen MR) is 111 cm³/mol. The number of hydrogen-bond donors (Lipinski definition) is 2. The van der Waals surface area contributed by atoms with E-state index in [1.54, 1.807) is 11.4 Å². The number of thiazole rings is 1. The molecule has 4 rings (SSSR count). The molecule has 0 saturated carbocycles. The maximum absolute atomic E-state index is 12.5. The Morgan fingerprint density at radius 3 is 2.66 bits per heavy atom. The number of aromatic nitrogens is 4. The first kappa shape index (κ1) is 18.6. The number of fused-ring (bicyclic) bond motifs is 1. The summed E-state index contributed by atoms with van der Waals surface area (Å²) in [6.45, 7) is 1.92. The molecule has 3 heterocycles. The Morgan fingerprint density at radius 1 is 1.00 bits per heavy atom. The summed E-state index contributed by atoms with van der Waals surface area (Å²) in [5.41, 5.74) is 3.00. The molecule has 0 aliphatic heterocycles. The summed E-state index contributed by atoms with van der Waals surface area (Å²) < 4.78 is 0. The summed E-state index contributed by atoms with van der Waals surface area (Å²) in [5, 5.41) is 8.53. The minimum atomic E-state index is -0.450. The highest BCUT2D eigenvalue weighted by Crippen LogP contribution is 2.23. The molecule has 1 aromatic carbocycles. The van der Waals surface area contributed by atoms with E-state index in [9.17, 15) is 9.59 Å². The maximum atomic E-state index is 12.5. The molecule has 0 fully saturated rings. The van der Waals surface area contributed by atoms with E-state index in [0.29, 0.717) is 16.5 Å². The SMILES string of the molecule is Cc1ccc2c(NC(=O)Cc3csc(NC(=O)c4ncccn4)n3)cccc2n1. The molecule has 0 aliphatic carbocycles. The molecular weight excluding hydrogens is 388 g/mol. The fourth-order valence-corrected chi connectivity index (χ4v) is 3.45. The number of nitrogens with zero attached hydrogens (tertiary/aromatic N) is 4. The highest BCUT2D eigenvalue weighted by atomic mass is 32.1. The topological polar surface area (TPSA) is 110 Å². The molecular formula is C20H16N6O2S. The Hall–Kier alpha value is -3.72. The van der Waals surface area contributed by atoms with E-state index in [2.05, 4.69) is 30.6 Å². The van der Waals surface area contributed by atoms with E-state index in [1.807, 2.05) is 37.3 Å². The zero-order valence-corrected chi connectivity index (χ0v) is 16.2. The molecule has 8 nitrogen and oxygen atoms in total. The van der Waals surface area contributed by atoms with E-state index < -0.39 is 5.91 Å². The lowest BCUT2D eigenvalue weighted by molar-refractivity contribution is -0.115. The van der Waals surface area contributed by atoms with Crippen LogP contribution in [0.2, 0.25) is 0 Å². The van der Waals surface area contributed by atoms with E-state index >= 15 is 0 Å². The van der Waals surface area contributed by atoms with Crippen LogP contribution in [0.5, 0.6) is 0 Å². The molecule has 4 aromatic rings. The highest BCUT2D eigenvalue weighted by Gasteiger charge is 2.13. The van der Waals surface area contributed by atoms with Crippen LogP contribution in [0.25, 0.3) is 10.9 Å². The number of amides is 2. The molecule has 2 N–H and O–H groups in total. The van der Waals surface area contributed by atoms with E-state index in [0.717, 1.165) is 16.6 Å². The third kappa shape index (κ3) is 4.41. The van der Waals surface area contributed by atoms with Crippen molar-refractivity contribution in [1.29, 1.82) is 0 Å². The first-order valence-corrected chi connectivity index (χ1v) is 9.65. The first-order chi connectivity index (χ1) is 14.1. The van der Waals surface area contributed by atoms with Gasteiger partial charge in [-0.05, 0) is 37.3 Å². The van der Waals surface area contributed by atoms with Crippen molar-refractivity contribution in [3.8, 4) is 0 Å². The number of aryl methyl sites for hydroxylation is 1. The third-order valence-electron chi connectivity index (χ3n) is 4.03. The van der Waals surface area contributed by atoms with E-state index in [1.165, 1.54) is 23.7 Å². The quantitative estimate of drug-likeness (QED) is 0.528. The molecule has 0 bridgehead atoms. The lowest BCUT2D eigenvalue weighted by Gasteiger charge is -2.08. The number of pyridine rings is 1. The Kier molecular flexibility index (Phi) is 5.21. The summed E-state index contributed by atoms with van der Waals surface area (Å²) in [6, 6.07) is 11.1. The molecule has 0 unspecified atom stereocenters. The van der Waals surface area contributed by atoms with Gasteiger partial charge in [0.05, 0.1) is 23.3 Å². The number of hydrogen-bond acceptors (Lipinski definition) is 7. The van der Waals surface area contributed by atoms with Crippen molar-refractivity contribution in [2.24, 2.45) is 0 Å². The van der Waals surface area contributed by atoms with Gasteiger partial charge in [-0.2, -0.15) is 0 Å². The molecule has 0 atom stereocenters. The van der Waals surface area contributed by atoms with Gasteiger partial charge in [-0.1, -0.05) is 6.07 Å². The Morgan fingerprint density at radius 2 is 1.83 bits per heavy atom. The number of benzene rings is 1. The molecule has 3 aromatic heterocycles. The fourth-order valence-electron chi connectivity index (χ4n) is 2.74. The minimum Gasteiger partial charge on any atom is -0.325 e. The number of anilines is 2. The normalized spacial score (nSPS) is 10.7. The van der Waals surface area contributed by atoms with Crippen molar-refractivity contribution >= 4 is 44.9 Å². The maximum Gasteiger partial charge on any atom is 0.295 e. The second kappa shape index (κ2) is 8.11. The highest BCUT2D eigenvalue weighted by molar-refractivity contribution is 7.14. The Labute approximate surface area is 170 Å². The third-order valence-corrected chi connectivity index (χ3v) is 4.83. The van der Waals surface area contributed by atoms with Gasteiger partial charge in [0.25, 0.3) is 5.91 Å². The largest absolute Gasteiger partial charge is 0.325 e. The zero-order valence-electron chi connectivity index (χ0n) is 15.4. The lowest BCUT2D eigenvalue weighted by Crippen LogP contribution is -2.16. The summed E-state index contributed by atoms with van der Waals surface area (Å²) in [7, 11) is 0. The van der Waals surface area contributed by atoms with Crippen LogP contribution in [0.15, 0.2) is 54.2 Å². The minimum absolute atomic E-state index is 0.0572. The van der Waals surface area contributed by atoms with Crippen LogP contribution in [0.3, 0.4) is 0 Å². The predicted octanol–water partition coefficient (Wildman–Crippen LogP) is 3.22. The van der Waals surface area contributed by atoms with E-state index in [-0.39, 0.29) is 18.2 Å². The van der Waals surface area contributed by atoms with Crippen LogP contribution in [-0.4, -0.2) is 31.8 Å². The van der Waals surface area contributed by atoms with Gasteiger partial charge in [-0.15, -0.1) is 11.3 Å². The van der Waals surface area contributed by atoms with Gasteiger partial charge in [0.2, 0.25) is 11.7 Å². The number of carbonyl (C=O) groups is 2. The fraction of sp³-hybridized carbons (Fsp3) is 0.100. The number of carbonyl (C=O) groups excluding carboxylic acids is 2. The molecule has 9 heteroatoms. The first-order valence-electron chi connectivity index (χ1n) is 8.77. The van der Waals surface area contributed by atoms with Gasteiger partial charge in [-0.25, -0.2) is 15.0 Å². The standard InChI is InChI=1S/C20H16N6O2S/c1-12-6-7-14-15(23-12)4-2-5-16(14)25-17(27)10-13-11-29-20(24-13)26-19(28)18-21-8-3-9-22-18/h2-9,11H,10H2,1H3,(H,25,27)(H,24,26,28). The summed E-state index contributed by atoms with van der Waals surface area (Å²) in [6.07, 6.45) is 3.07. The van der Waals surface area contributed by atoms with E-state index in [4.69, 9.17) is 0 Å².